The summed E-state index contributed by atoms with van der Waals surface area (Å²) in [6, 6.07) is 0.211. The predicted molar refractivity (Wildman–Crippen MR) is 75.6 cm³/mol. The topological polar surface area (TPSA) is 49.4 Å². The van der Waals surface area contributed by atoms with Gasteiger partial charge in [0.1, 0.15) is 0 Å². The molecule has 0 aliphatic carbocycles. The van der Waals surface area contributed by atoms with Crippen LogP contribution >= 0.6 is 15.9 Å². The van der Waals surface area contributed by atoms with E-state index >= 15 is 0 Å². The maximum atomic E-state index is 12.0. The molecule has 4 nitrogen and oxygen atoms in total. The molecule has 104 valence electrons. The van der Waals surface area contributed by atoms with Gasteiger partial charge in [0, 0.05) is 25.0 Å². The van der Waals surface area contributed by atoms with Crippen molar-refractivity contribution >= 4 is 27.7 Å². The van der Waals surface area contributed by atoms with E-state index in [0.29, 0.717) is 0 Å². The van der Waals surface area contributed by atoms with E-state index in [1.165, 1.54) is 0 Å². The molecule has 0 saturated carbocycles. The molecule has 1 aliphatic heterocycles. The highest BCUT2D eigenvalue weighted by Gasteiger charge is 2.32. The molecule has 0 unspecified atom stereocenters. The smallest absolute Gasteiger partial charge is 0.238 e. The summed E-state index contributed by atoms with van der Waals surface area (Å²) in [5.74, 6) is 0.239. The molecule has 1 saturated heterocycles. The zero-order chi connectivity index (χ0) is 13.9. The van der Waals surface area contributed by atoms with Crippen LogP contribution in [-0.4, -0.2) is 40.2 Å². The van der Waals surface area contributed by atoms with Crippen molar-refractivity contribution in [2.45, 2.75) is 50.9 Å². The van der Waals surface area contributed by atoms with E-state index in [4.69, 9.17) is 0 Å². The first-order valence-corrected chi connectivity index (χ1v) is 7.29. The van der Waals surface area contributed by atoms with Crippen molar-refractivity contribution in [3.63, 3.8) is 0 Å². The van der Waals surface area contributed by atoms with E-state index in [-0.39, 0.29) is 23.8 Å². The minimum Gasteiger partial charge on any atom is -0.353 e. The van der Waals surface area contributed by atoms with Crippen LogP contribution in [0.25, 0.3) is 0 Å². The Balaban J connectivity index is 2.42. The summed E-state index contributed by atoms with van der Waals surface area (Å²) in [5.41, 5.74) is 0. The standard InChI is InChI=1S/C13H23BrN2O2/c1-9(2)11(17)15-10-5-7-16(8-6-10)12(18)13(3,4)14/h9-10H,5-8H2,1-4H3,(H,15,17). The van der Waals surface area contributed by atoms with E-state index in [1.54, 1.807) is 0 Å². The number of carbonyl (C=O) groups excluding carboxylic acids is 2. The SMILES string of the molecule is CC(C)C(=O)NC1CCN(C(=O)C(C)(C)Br)CC1. The summed E-state index contributed by atoms with van der Waals surface area (Å²) in [6.07, 6.45) is 1.68. The first kappa shape index (κ1) is 15.5. The Kier molecular flexibility index (Phi) is 5.20. The molecule has 1 fully saturated rings. The molecule has 0 bridgehead atoms. The minimum absolute atomic E-state index is 0.0196. The highest BCUT2D eigenvalue weighted by Crippen LogP contribution is 2.22. The van der Waals surface area contributed by atoms with E-state index in [2.05, 4.69) is 21.2 Å². The van der Waals surface area contributed by atoms with Gasteiger partial charge in [-0.1, -0.05) is 29.8 Å². The first-order valence-electron chi connectivity index (χ1n) is 6.50. The van der Waals surface area contributed by atoms with Gasteiger partial charge in [-0.2, -0.15) is 0 Å². The molecular weight excluding hydrogens is 296 g/mol. The number of piperidine rings is 1. The quantitative estimate of drug-likeness (QED) is 0.808. The second-order valence-corrected chi connectivity index (χ2v) is 7.68. The number of likely N-dealkylation sites (tertiary alicyclic amines) is 1. The van der Waals surface area contributed by atoms with Gasteiger partial charge in [0.2, 0.25) is 11.8 Å². The summed E-state index contributed by atoms with van der Waals surface area (Å²) >= 11 is 3.39. The maximum Gasteiger partial charge on any atom is 0.238 e. The summed E-state index contributed by atoms with van der Waals surface area (Å²) in [4.78, 5) is 25.5. The van der Waals surface area contributed by atoms with E-state index in [9.17, 15) is 9.59 Å². The number of alkyl halides is 1. The Morgan fingerprint density at radius 1 is 1.28 bits per heavy atom. The molecule has 2 amide bonds. The zero-order valence-electron chi connectivity index (χ0n) is 11.6. The van der Waals surface area contributed by atoms with Crippen LogP contribution in [-0.2, 0) is 9.59 Å². The third kappa shape index (κ3) is 4.26. The summed E-state index contributed by atoms with van der Waals surface area (Å²) in [5, 5.41) is 3.03. The molecular formula is C13H23BrN2O2. The normalized spacial score (nSPS) is 18.0. The number of hydrogen-bond donors (Lipinski definition) is 1. The molecule has 0 aromatic rings. The van der Waals surface area contributed by atoms with Gasteiger partial charge in [0.05, 0.1) is 4.32 Å². The Hall–Kier alpha value is -0.580. The number of carbonyl (C=O) groups is 2. The van der Waals surface area contributed by atoms with Gasteiger partial charge in [0.15, 0.2) is 0 Å². The second kappa shape index (κ2) is 6.04. The Morgan fingerprint density at radius 3 is 2.17 bits per heavy atom. The van der Waals surface area contributed by atoms with Gasteiger partial charge in [-0.05, 0) is 26.7 Å². The van der Waals surface area contributed by atoms with Crippen molar-refractivity contribution in [3.8, 4) is 0 Å². The van der Waals surface area contributed by atoms with Crippen molar-refractivity contribution in [1.29, 1.82) is 0 Å². The van der Waals surface area contributed by atoms with Crippen molar-refractivity contribution in [3.05, 3.63) is 0 Å². The van der Waals surface area contributed by atoms with Crippen molar-refractivity contribution < 1.29 is 9.59 Å². The lowest BCUT2D eigenvalue weighted by Crippen LogP contribution is -2.50. The van der Waals surface area contributed by atoms with Gasteiger partial charge >= 0.3 is 0 Å². The van der Waals surface area contributed by atoms with Gasteiger partial charge in [-0.25, -0.2) is 0 Å². The molecule has 5 heteroatoms. The summed E-state index contributed by atoms with van der Waals surface area (Å²) in [7, 11) is 0. The second-order valence-electron chi connectivity index (χ2n) is 5.70. The third-order valence-electron chi connectivity index (χ3n) is 3.16. The number of hydrogen-bond acceptors (Lipinski definition) is 2. The zero-order valence-corrected chi connectivity index (χ0v) is 13.2. The largest absolute Gasteiger partial charge is 0.353 e. The summed E-state index contributed by atoms with van der Waals surface area (Å²) in [6.45, 7) is 8.94. The molecule has 1 rings (SSSR count). The molecule has 1 N–H and O–H groups in total. The van der Waals surface area contributed by atoms with Crippen molar-refractivity contribution in [2.24, 2.45) is 5.92 Å². The number of nitrogens with zero attached hydrogens (tertiary/aromatic N) is 1. The number of halogens is 1. The number of amides is 2. The lowest BCUT2D eigenvalue weighted by molar-refractivity contribution is -0.134. The van der Waals surface area contributed by atoms with Crippen molar-refractivity contribution in [2.75, 3.05) is 13.1 Å². The lowest BCUT2D eigenvalue weighted by atomic mass is 10.0. The fraction of sp³-hybridized carbons (Fsp3) is 0.846. The molecule has 1 aliphatic rings. The Morgan fingerprint density at radius 2 is 1.78 bits per heavy atom. The maximum absolute atomic E-state index is 12.0. The Bertz CT molecular complexity index is 315. The van der Waals surface area contributed by atoms with Crippen LogP contribution in [0.4, 0.5) is 0 Å². The van der Waals surface area contributed by atoms with Crippen LogP contribution in [0.1, 0.15) is 40.5 Å². The fourth-order valence-corrected chi connectivity index (χ4v) is 2.22. The highest BCUT2D eigenvalue weighted by molar-refractivity contribution is 9.10. The van der Waals surface area contributed by atoms with Gasteiger partial charge < -0.3 is 10.2 Å². The average Bonchev–Trinajstić information content (AvgIpc) is 2.27. The molecule has 0 atom stereocenters. The van der Waals surface area contributed by atoms with E-state index in [0.717, 1.165) is 25.9 Å². The van der Waals surface area contributed by atoms with Gasteiger partial charge in [-0.3, -0.25) is 9.59 Å². The molecule has 1 heterocycles. The van der Waals surface area contributed by atoms with Crippen molar-refractivity contribution in [1.82, 2.24) is 10.2 Å². The van der Waals surface area contributed by atoms with E-state index < -0.39 is 4.32 Å². The van der Waals surface area contributed by atoms with Crippen LogP contribution in [0.15, 0.2) is 0 Å². The Labute approximate surface area is 118 Å². The van der Waals surface area contributed by atoms with Crippen LogP contribution in [0, 0.1) is 5.92 Å². The lowest BCUT2D eigenvalue weighted by Gasteiger charge is -2.35. The molecule has 0 spiro atoms. The van der Waals surface area contributed by atoms with Gasteiger partial charge in [0.25, 0.3) is 0 Å². The minimum atomic E-state index is -0.499. The van der Waals surface area contributed by atoms with Crippen LogP contribution in [0.3, 0.4) is 0 Å². The van der Waals surface area contributed by atoms with Crippen LogP contribution in [0.5, 0.6) is 0 Å². The molecule has 0 radical (unpaired) electrons. The van der Waals surface area contributed by atoms with Crippen LogP contribution in [0.2, 0.25) is 0 Å². The number of rotatable bonds is 3. The number of nitrogens with one attached hydrogen (secondary N) is 1. The van der Waals surface area contributed by atoms with Gasteiger partial charge in [-0.15, -0.1) is 0 Å². The predicted octanol–water partition coefficient (Wildman–Crippen LogP) is 1.92. The molecule has 18 heavy (non-hydrogen) atoms. The molecule has 0 aromatic heterocycles. The average molecular weight is 319 g/mol. The summed E-state index contributed by atoms with van der Waals surface area (Å²) < 4.78 is -0.499. The first-order chi connectivity index (χ1) is 8.21. The van der Waals surface area contributed by atoms with Crippen LogP contribution < -0.4 is 5.32 Å². The monoisotopic (exact) mass is 318 g/mol. The van der Waals surface area contributed by atoms with E-state index in [1.807, 2.05) is 32.6 Å². The third-order valence-corrected chi connectivity index (χ3v) is 3.50. The molecule has 0 aromatic carbocycles. The highest BCUT2D eigenvalue weighted by atomic mass is 79.9. The fourth-order valence-electron chi connectivity index (χ4n) is 1.97.